The molecule has 0 heterocycles. The van der Waals surface area contributed by atoms with Crippen LogP contribution in [0, 0.1) is 6.92 Å². The smallest absolute Gasteiger partial charge is 0.328 e. The molecule has 96 valence electrons. The predicted molar refractivity (Wildman–Crippen MR) is 70.5 cm³/mol. The standard InChI is InChI=1S/C13H16N2O3/c1-3-14-13(18)15-11-8-10(5-4-9(11)2)6-7-12(16)17/h4-8H,3H2,1-2H3,(H,16,17)(H2,14,15,18). The van der Waals surface area contributed by atoms with Crippen LogP contribution in [0.25, 0.3) is 6.08 Å². The number of hydrogen-bond donors (Lipinski definition) is 3. The molecule has 3 N–H and O–H groups in total. The lowest BCUT2D eigenvalue weighted by molar-refractivity contribution is -0.131. The Bertz CT molecular complexity index is 481. The molecular weight excluding hydrogens is 232 g/mol. The van der Waals surface area contributed by atoms with E-state index in [1.807, 2.05) is 19.9 Å². The van der Waals surface area contributed by atoms with Crippen LogP contribution in [0.2, 0.25) is 0 Å². The van der Waals surface area contributed by atoms with E-state index >= 15 is 0 Å². The predicted octanol–water partition coefficient (Wildman–Crippen LogP) is 2.23. The van der Waals surface area contributed by atoms with Crippen molar-refractivity contribution in [1.82, 2.24) is 5.32 Å². The fourth-order valence-electron chi connectivity index (χ4n) is 1.37. The number of carbonyl (C=O) groups excluding carboxylic acids is 1. The van der Waals surface area contributed by atoms with Gasteiger partial charge in [0, 0.05) is 18.3 Å². The summed E-state index contributed by atoms with van der Waals surface area (Å²) in [6.07, 6.45) is 2.53. The number of urea groups is 1. The largest absolute Gasteiger partial charge is 0.478 e. The third-order valence-corrected chi connectivity index (χ3v) is 2.27. The number of benzene rings is 1. The van der Waals surface area contributed by atoms with Gasteiger partial charge in [-0.1, -0.05) is 12.1 Å². The summed E-state index contributed by atoms with van der Waals surface area (Å²) in [5, 5.41) is 13.9. The minimum Gasteiger partial charge on any atom is -0.478 e. The Morgan fingerprint density at radius 2 is 2.11 bits per heavy atom. The van der Waals surface area contributed by atoms with Gasteiger partial charge in [0.2, 0.25) is 0 Å². The molecule has 0 fully saturated rings. The second-order valence-corrected chi connectivity index (χ2v) is 3.73. The molecule has 2 amide bonds. The normalized spacial score (nSPS) is 10.3. The first-order chi connectivity index (χ1) is 8.52. The minimum absolute atomic E-state index is 0.278. The summed E-state index contributed by atoms with van der Waals surface area (Å²) < 4.78 is 0. The zero-order chi connectivity index (χ0) is 13.5. The molecule has 0 aromatic heterocycles. The van der Waals surface area contributed by atoms with Crippen molar-refractivity contribution in [3.63, 3.8) is 0 Å². The molecule has 0 bridgehead atoms. The van der Waals surface area contributed by atoms with Gasteiger partial charge in [-0.25, -0.2) is 9.59 Å². The maximum Gasteiger partial charge on any atom is 0.328 e. The Balaban J connectivity index is 2.87. The summed E-state index contributed by atoms with van der Waals surface area (Å²) in [6, 6.07) is 5.06. The molecule has 18 heavy (non-hydrogen) atoms. The first-order valence-corrected chi connectivity index (χ1v) is 5.59. The third-order valence-electron chi connectivity index (χ3n) is 2.27. The highest BCUT2D eigenvalue weighted by molar-refractivity contribution is 5.91. The number of hydrogen-bond acceptors (Lipinski definition) is 2. The molecule has 0 aliphatic rings. The highest BCUT2D eigenvalue weighted by Crippen LogP contribution is 2.17. The molecule has 0 radical (unpaired) electrons. The zero-order valence-corrected chi connectivity index (χ0v) is 10.4. The van der Waals surface area contributed by atoms with Gasteiger partial charge in [0.1, 0.15) is 0 Å². The van der Waals surface area contributed by atoms with Crippen LogP contribution in [0.3, 0.4) is 0 Å². The van der Waals surface area contributed by atoms with Gasteiger partial charge in [-0.05, 0) is 37.1 Å². The van der Waals surface area contributed by atoms with E-state index in [4.69, 9.17) is 5.11 Å². The molecule has 1 rings (SSSR count). The van der Waals surface area contributed by atoms with Crippen LogP contribution in [0.1, 0.15) is 18.1 Å². The van der Waals surface area contributed by atoms with E-state index in [9.17, 15) is 9.59 Å². The maximum absolute atomic E-state index is 11.4. The number of aliphatic carboxylic acids is 1. The fraction of sp³-hybridized carbons (Fsp3) is 0.231. The van der Waals surface area contributed by atoms with Gasteiger partial charge in [0.25, 0.3) is 0 Å². The average molecular weight is 248 g/mol. The summed E-state index contributed by atoms with van der Waals surface area (Å²) in [4.78, 5) is 21.8. The van der Waals surface area contributed by atoms with Gasteiger partial charge in [0.05, 0.1) is 0 Å². The molecule has 0 spiro atoms. The summed E-state index contributed by atoms with van der Waals surface area (Å²) in [5.74, 6) is -1.01. The first kappa shape index (κ1) is 13.8. The molecular formula is C13H16N2O3. The topological polar surface area (TPSA) is 78.4 Å². The molecule has 5 heteroatoms. The van der Waals surface area contributed by atoms with Crippen LogP contribution in [-0.4, -0.2) is 23.7 Å². The molecule has 0 atom stereocenters. The van der Waals surface area contributed by atoms with E-state index in [0.717, 1.165) is 17.2 Å². The van der Waals surface area contributed by atoms with Gasteiger partial charge >= 0.3 is 12.0 Å². The summed E-state index contributed by atoms with van der Waals surface area (Å²) in [6.45, 7) is 4.24. The molecule has 1 aromatic carbocycles. The van der Waals surface area contributed by atoms with Crippen LogP contribution in [0.4, 0.5) is 10.5 Å². The van der Waals surface area contributed by atoms with Crippen LogP contribution in [-0.2, 0) is 4.79 Å². The number of carbonyl (C=O) groups is 2. The van der Waals surface area contributed by atoms with Gasteiger partial charge in [-0.3, -0.25) is 0 Å². The third kappa shape index (κ3) is 4.29. The van der Waals surface area contributed by atoms with Crippen LogP contribution in [0.15, 0.2) is 24.3 Å². The Morgan fingerprint density at radius 3 is 2.72 bits per heavy atom. The number of nitrogens with one attached hydrogen (secondary N) is 2. The minimum atomic E-state index is -1.01. The highest BCUT2D eigenvalue weighted by Gasteiger charge is 2.03. The van der Waals surface area contributed by atoms with Crippen LogP contribution < -0.4 is 10.6 Å². The van der Waals surface area contributed by atoms with Crippen molar-refractivity contribution in [2.24, 2.45) is 0 Å². The van der Waals surface area contributed by atoms with Crippen molar-refractivity contribution in [3.8, 4) is 0 Å². The number of rotatable bonds is 4. The monoisotopic (exact) mass is 248 g/mol. The van der Waals surface area contributed by atoms with Crippen molar-refractivity contribution in [1.29, 1.82) is 0 Å². The van der Waals surface area contributed by atoms with Crippen LogP contribution >= 0.6 is 0 Å². The molecule has 0 saturated heterocycles. The van der Waals surface area contributed by atoms with Gasteiger partial charge in [-0.15, -0.1) is 0 Å². The summed E-state index contributed by atoms with van der Waals surface area (Å²) in [5.41, 5.74) is 2.29. The van der Waals surface area contributed by atoms with Crippen molar-refractivity contribution < 1.29 is 14.7 Å². The Morgan fingerprint density at radius 1 is 1.39 bits per heavy atom. The number of amides is 2. The van der Waals surface area contributed by atoms with Gasteiger partial charge < -0.3 is 15.7 Å². The van der Waals surface area contributed by atoms with Gasteiger partial charge in [0.15, 0.2) is 0 Å². The Kier molecular flexibility index (Phi) is 4.92. The quantitative estimate of drug-likeness (QED) is 0.715. The SMILES string of the molecule is CCNC(=O)Nc1cc(C=CC(=O)O)ccc1C. The van der Waals surface area contributed by atoms with E-state index in [1.165, 1.54) is 6.08 Å². The molecule has 0 aliphatic heterocycles. The molecule has 0 aliphatic carbocycles. The summed E-state index contributed by atoms with van der Waals surface area (Å²) >= 11 is 0. The number of carboxylic acids is 1. The van der Waals surface area contributed by atoms with Crippen molar-refractivity contribution in [2.75, 3.05) is 11.9 Å². The fourth-order valence-corrected chi connectivity index (χ4v) is 1.37. The lowest BCUT2D eigenvalue weighted by Crippen LogP contribution is -2.28. The maximum atomic E-state index is 11.4. The van der Waals surface area contributed by atoms with E-state index in [2.05, 4.69) is 10.6 Å². The zero-order valence-electron chi connectivity index (χ0n) is 10.4. The second-order valence-electron chi connectivity index (χ2n) is 3.73. The van der Waals surface area contributed by atoms with E-state index in [1.54, 1.807) is 12.1 Å². The van der Waals surface area contributed by atoms with Crippen molar-refractivity contribution in [2.45, 2.75) is 13.8 Å². The first-order valence-electron chi connectivity index (χ1n) is 5.59. The number of anilines is 1. The molecule has 0 unspecified atom stereocenters. The molecule has 5 nitrogen and oxygen atoms in total. The second kappa shape index (κ2) is 6.44. The Hall–Kier alpha value is -2.30. The van der Waals surface area contributed by atoms with Crippen molar-refractivity contribution >= 4 is 23.8 Å². The molecule has 1 aromatic rings. The summed E-state index contributed by atoms with van der Waals surface area (Å²) in [7, 11) is 0. The van der Waals surface area contributed by atoms with E-state index in [0.29, 0.717) is 12.2 Å². The Labute approximate surface area is 106 Å². The highest BCUT2D eigenvalue weighted by atomic mass is 16.4. The van der Waals surface area contributed by atoms with Crippen LogP contribution in [0.5, 0.6) is 0 Å². The lowest BCUT2D eigenvalue weighted by atomic mass is 10.1. The number of aryl methyl sites for hydroxylation is 1. The number of carboxylic acid groups (broad SMARTS) is 1. The average Bonchev–Trinajstić information content (AvgIpc) is 2.30. The lowest BCUT2D eigenvalue weighted by Gasteiger charge is -2.09. The molecule has 0 saturated carbocycles. The van der Waals surface area contributed by atoms with E-state index in [-0.39, 0.29) is 6.03 Å². The van der Waals surface area contributed by atoms with Crippen molar-refractivity contribution in [3.05, 3.63) is 35.4 Å². The van der Waals surface area contributed by atoms with Gasteiger partial charge in [-0.2, -0.15) is 0 Å². The van der Waals surface area contributed by atoms with E-state index < -0.39 is 5.97 Å².